The quantitative estimate of drug-likeness (QED) is 0.456. The molecule has 0 unspecified atom stereocenters. The van der Waals surface area contributed by atoms with Gasteiger partial charge in [-0.1, -0.05) is 60.7 Å². The van der Waals surface area contributed by atoms with Gasteiger partial charge in [0.1, 0.15) is 17.1 Å². The minimum absolute atomic E-state index is 0.210. The summed E-state index contributed by atoms with van der Waals surface area (Å²) in [6.07, 6.45) is 3.23. The van der Waals surface area contributed by atoms with Crippen molar-refractivity contribution in [1.29, 1.82) is 0 Å². The second-order valence-corrected chi connectivity index (χ2v) is 8.31. The maximum Gasteiger partial charge on any atom is 0.256 e. The zero-order valence-electron chi connectivity index (χ0n) is 18.9. The van der Waals surface area contributed by atoms with Crippen molar-refractivity contribution in [2.24, 2.45) is 0 Å². The highest BCUT2D eigenvalue weighted by Gasteiger charge is 2.24. The Kier molecular flexibility index (Phi) is 6.63. The first-order valence-electron chi connectivity index (χ1n) is 11.5. The molecule has 4 aromatic rings. The van der Waals surface area contributed by atoms with Crippen LogP contribution < -0.4 is 10.2 Å². The highest BCUT2D eigenvalue weighted by molar-refractivity contribution is 5.98. The van der Waals surface area contributed by atoms with Gasteiger partial charge in [-0.25, -0.2) is 9.97 Å². The van der Waals surface area contributed by atoms with Gasteiger partial charge in [0, 0.05) is 44.5 Å². The summed E-state index contributed by atoms with van der Waals surface area (Å²) in [5.74, 6) is 1.78. The molecule has 1 aliphatic heterocycles. The van der Waals surface area contributed by atoms with E-state index in [1.165, 1.54) is 5.56 Å². The van der Waals surface area contributed by atoms with Crippen LogP contribution in [-0.2, 0) is 13.1 Å². The molecular weight excluding hydrogens is 426 g/mol. The van der Waals surface area contributed by atoms with E-state index < -0.39 is 0 Å². The summed E-state index contributed by atoms with van der Waals surface area (Å²) in [5, 5.41) is 2.93. The van der Waals surface area contributed by atoms with Crippen molar-refractivity contribution in [2.45, 2.75) is 13.1 Å². The first-order valence-corrected chi connectivity index (χ1v) is 11.5. The average Bonchev–Trinajstić information content (AvgIpc) is 3.42. The predicted octanol–water partition coefficient (Wildman–Crippen LogP) is 3.99. The molecule has 2 aromatic carbocycles. The van der Waals surface area contributed by atoms with E-state index in [0.29, 0.717) is 29.5 Å². The van der Waals surface area contributed by atoms with Crippen LogP contribution >= 0.6 is 0 Å². The Balaban J connectivity index is 1.35. The fraction of sp³-hybridized carbons (Fsp3) is 0.222. The van der Waals surface area contributed by atoms with Crippen molar-refractivity contribution in [2.75, 3.05) is 31.1 Å². The number of nitrogens with zero attached hydrogens (tertiary/aromatic N) is 4. The SMILES string of the molecule is O=C(NCc1ccco1)c1cnc(-c2ccccc2)nc1N1CCN(Cc2ccccc2)CC1. The molecule has 34 heavy (non-hydrogen) atoms. The standard InChI is InChI=1S/C27H27N5O2/c33-27(29-18-23-12-7-17-34-23)24-19-28-25(22-10-5-2-6-11-22)30-26(24)32-15-13-31(14-16-32)20-21-8-3-1-4-9-21/h1-12,17,19H,13-16,18,20H2,(H,29,33). The van der Waals surface area contributed by atoms with Crippen molar-refractivity contribution in [1.82, 2.24) is 20.2 Å². The molecule has 0 aliphatic carbocycles. The van der Waals surface area contributed by atoms with Gasteiger partial charge in [0.15, 0.2) is 5.82 Å². The van der Waals surface area contributed by atoms with Crippen molar-refractivity contribution in [3.63, 3.8) is 0 Å². The molecule has 172 valence electrons. The van der Waals surface area contributed by atoms with Gasteiger partial charge in [0.2, 0.25) is 0 Å². The van der Waals surface area contributed by atoms with Crippen LogP contribution in [0.25, 0.3) is 11.4 Å². The van der Waals surface area contributed by atoms with E-state index in [1.807, 2.05) is 42.5 Å². The molecule has 1 saturated heterocycles. The van der Waals surface area contributed by atoms with Gasteiger partial charge in [-0.05, 0) is 17.7 Å². The van der Waals surface area contributed by atoms with E-state index in [1.54, 1.807) is 18.5 Å². The van der Waals surface area contributed by atoms with E-state index >= 15 is 0 Å². The number of furan rings is 1. The third kappa shape index (κ3) is 5.15. The number of piperazine rings is 1. The van der Waals surface area contributed by atoms with Crippen molar-refractivity contribution in [3.05, 3.63) is 102 Å². The number of nitrogens with one attached hydrogen (secondary N) is 1. The maximum atomic E-state index is 13.1. The van der Waals surface area contributed by atoms with Gasteiger partial charge < -0.3 is 14.6 Å². The fourth-order valence-corrected chi connectivity index (χ4v) is 4.14. The van der Waals surface area contributed by atoms with Crippen LogP contribution in [0.15, 0.2) is 89.7 Å². The summed E-state index contributed by atoms with van der Waals surface area (Å²) in [7, 11) is 0. The molecule has 0 atom stereocenters. The molecule has 0 radical (unpaired) electrons. The molecule has 1 amide bonds. The Bertz CT molecular complexity index is 1200. The number of anilines is 1. The Labute approximate surface area is 199 Å². The Hall–Kier alpha value is -3.97. The van der Waals surface area contributed by atoms with Crippen LogP contribution in [0.1, 0.15) is 21.7 Å². The lowest BCUT2D eigenvalue weighted by atomic mass is 10.1. The highest BCUT2D eigenvalue weighted by Crippen LogP contribution is 2.24. The summed E-state index contributed by atoms with van der Waals surface area (Å²) < 4.78 is 5.34. The van der Waals surface area contributed by atoms with E-state index in [9.17, 15) is 4.79 Å². The average molecular weight is 454 g/mol. The zero-order valence-corrected chi connectivity index (χ0v) is 18.9. The number of carbonyl (C=O) groups is 1. The lowest BCUT2D eigenvalue weighted by Gasteiger charge is -2.36. The molecular formula is C27H27N5O2. The van der Waals surface area contributed by atoms with Gasteiger partial charge in [0.05, 0.1) is 12.8 Å². The molecule has 0 saturated carbocycles. The van der Waals surface area contributed by atoms with Gasteiger partial charge in [0.25, 0.3) is 5.91 Å². The van der Waals surface area contributed by atoms with Crippen molar-refractivity contribution < 1.29 is 9.21 Å². The number of aromatic nitrogens is 2. The lowest BCUT2D eigenvalue weighted by Crippen LogP contribution is -2.47. The van der Waals surface area contributed by atoms with Crippen LogP contribution in [0.2, 0.25) is 0 Å². The molecule has 1 aliphatic rings. The molecule has 2 aromatic heterocycles. The lowest BCUT2D eigenvalue weighted by molar-refractivity contribution is 0.0947. The fourth-order valence-electron chi connectivity index (χ4n) is 4.14. The number of carbonyl (C=O) groups excluding carboxylic acids is 1. The molecule has 3 heterocycles. The Morgan fingerprint density at radius 3 is 2.35 bits per heavy atom. The summed E-state index contributed by atoms with van der Waals surface area (Å²) in [6.45, 7) is 4.61. The number of rotatable bonds is 7. The number of benzene rings is 2. The second-order valence-electron chi connectivity index (χ2n) is 8.31. The van der Waals surface area contributed by atoms with Gasteiger partial charge in [-0.3, -0.25) is 9.69 Å². The molecule has 7 nitrogen and oxygen atoms in total. The molecule has 5 rings (SSSR count). The molecule has 7 heteroatoms. The summed E-state index contributed by atoms with van der Waals surface area (Å²) in [6, 6.07) is 24.0. The van der Waals surface area contributed by atoms with E-state index in [0.717, 1.165) is 38.3 Å². The number of hydrogen-bond donors (Lipinski definition) is 1. The molecule has 1 fully saturated rings. The first kappa shape index (κ1) is 21.9. The van der Waals surface area contributed by atoms with Crippen molar-refractivity contribution in [3.8, 4) is 11.4 Å². The van der Waals surface area contributed by atoms with E-state index in [4.69, 9.17) is 9.40 Å². The molecule has 0 bridgehead atoms. The normalized spacial score (nSPS) is 14.2. The van der Waals surface area contributed by atoms with Crippen LogP contribution in [0.3, 0.4) is 0 Å². The summed E-state index contributed by atoms with van der Waals surface area (Å²) >= 11 is 0. The second kappa shape index (κ2) is 10.3. The minimum atomic E-state index is -0.210. The minimum Gasteiger partial charge on any atom is -0.467 e. The van der Waals surface area contributed by atoms with Gasteiger partial charge in [-0.15, -0.1) is 0 Å². The van der Waals surface area contributed by atoms with Gasteiger partial charge in [-0.2, -0.15) is 0 Å². The van der Waals surface area contributed by atoms with Crippen LogP contribution in [0.4, 0.5) is 5.82 Å². The molecule has 0 spiro atoms. The van der Waals surface area contributed by atoms with Crippen LogP contribution in [-0.4, -0.2) is 47.0 Å². The maximum absolute atomic E-state index is 13.1. The largest absolute Gasteiger partial charge is 0.467 e. The zero-order chi connectivity index (χ0) is 23.2. The number of amides is 1. The monoisotopic (exact) mass is 453 g/mol. The predicted molar refractivity (Wildman–Crippen MR) is 131 cm³/mol. The van der Waals surface area contributed by atoms with E-state index in [-0.39, 0.29) is 5.91 Å². The third-order valence-electron chi connectivity index (χ3n) is 5.97. The van der Waals surface area contributed by atoms with Crippen molar-refractivity contribution >= 4 is 11.7 Å². The van der Waals surface area contributed by atoms with Crippen LogP contribution in [0, 0.1) is 0 Å². The Morgan fingerprint density at radius 1 is 0.912 bits per heavy atom. The highest BCUT2D eigenvalue weighted by atomic mass is 16.3. The summed E-state index contributed by atoms with van der Waals surface area (Å²) in [4.78, 5) is 27.1. The Morgan fingerprint density at radius 2 is 1.65 bits per heavy atom. The topological polar surface area (TPSA) is 74.5 Å². The molecule has 1 N–H and O–H groups in total. The number of hydrogen-bond acceptors (Lipinski definition) is 6. The first-order chi connectivity index (χ1) is 16.8. The van der Waals surface area contributed by atoms with Crippen LogP contribution in [0.5, 0.6) is 0 Å². The van der Waals surface area contributed by atoms with Gasteiger partial charge >= 0.3 is 0 Å². The third-order valence-corrected chi connectivity index (χ3v) is 5.97. The van der Waals surface area contributed by atoms with E-state index in [2.05, 4.69) is 44.4 Å². The smallest absolute Gasteiger partial charge is 0.256 e. The summed E-state index contributed by atoms with van der Waals surface area (Å²) in [5.41, 5.74) is 2.71.